The predicted molar refractivity (Wildman–Crippen MR) is 114 cm³/mol. The minimum atomic E-state index is -0.106. The summed E-state index contributed by atoms with van der Waals surface area (Å²) in [5, 5.41) is 4.69. The SMILES string of the molecule is C1=CN(c2ccccc2)[CH-]N1c1ccccc1.ClC1=CC=C[N-]C1.[Cl][Pd][Cl]. The van der Waals surface area contributed by atoms with Gasteiger partial charge in [0.25, 0.3) is 0 Å². The minimum absolute atomic E-state index is 0.106. The van der Waals surface area contributed by atoms with Crippen LogP contribution >= 0.6 is 30.7 Å². The van der Waals surface area contributed by atoms with Crippen molar-refractivity contribution in [1.82, 2.24) is 0 Å². The third kappa shape index (κ3) is 8.01. The Bertz CT molecular complexity index is 704. The van der Waals surface area contributed by atoms with Crippen molar-refractivity contribution in [3.63, 3.8) is 0 Å². The van der Waals surface area contributed by atoms with Crippen molar-refractivity contribution < 1.29 is 15.9 Å². The van der Waals surface area contributed by atoms with Gasteiger partial charge in [-0.2, -0.15) is 6.20 Å². The fraction of sp³-hybridized carbons (Fsp3) is 0.0500. The molecule has 2 aromatic carbocycles. The average Bonchev–Trinajstić information content (AvgIpc) is 3.21. The molecule has 27 heavy (non-hydrogen) atoms. The second kappa shape index (κ2) is 12.9. The molecule has 0 saturated heterocycles. The van der Waals surface area contributed by atoms with E-state index >= 15 is 0 Å². The summed E-state index contributed by atoms with van der Waals surface area (Å²) in [5.41, 5.74) is 2.34. The third-order valence-electron chi connectivity index (χ3n) is 3.46. The van der Waals surface area contributed by atoms with Gasteiger partial charge in [0.2, 0.25) is 0 Å². The summed E-state index contributed by atoms with van der Waals surface area (Å²) in [6, 6.07) is 20.6. The number of anilines is 2. The summed E-state index contributed by atoms with van der Waals surface area (Å²) in [6.07, 6.45) is 9.52. The molecule has 0 atom stereocenters. The summed E-state index contributed by atoms with van der Waals surface area (Å²) in [5.74, 6) is 0. The molecule has 0 aliphatic carbocycles. The molecule has 0 N–H and O–H groups in total. The van der Waals surface area contributed by atoms with Gasteiger partial charge in [0.1, 0.15) is 0 Å². The van der Waals surface area contributed by atoms with Gasteiger partial charge in [0, 0.05) is 16.4 Å². The zero-order chi connectivity index (χ0) is 19.3. The molecule has 0 aromatic heterocycles. The van der Waals surface area contributed by atoms with Crippen LogP contribution in [0.3, 0.4) is 0 Å². The van der Waals surface area contributed by atoms with Crippen molar-refractivity contribution in [3.8, 4) is 0 Å². The van der Waals surface area contributed by atoms with E-state index in [2.05, 4.69) is 58.5 Å². The van der Waals surface area contributed by atoms with Gasteiger partial charge >= 0.3 is 35.0 Å². The molecule has 0 unspecified atom stereocenters. The molecule has 0 saturated carbocycles. The van der Waals surface area contributed by atoms with Crippen LogP contribution in [-0.4, -0.2) is 6.54 Å². The molecule has 7 heteroatoms. The molecule has 0 radical (unpaired) electrons. The second-order valence-corrected chi connectivity index (χ2v) is 8.09. The van der Waals surface area contributed by atoms with Crippen molar-refractivity contribution in [1.29, 1.82) is 0 Å². The van der Waals surface area contributed by atoms with Crippen molar-refractivity contribution in [2.45, 2.75) is 0 Å². The van der Waals surface area contributed by atoms with Gasteiger partial charge in [-0.1, -0.05) is 66.7 Å². The topological polar surface area (TPSA) is 20.6 Å². The van der Waals surface area contributed by atoms with Gasteiger partial charge in [0.05, 0.1) is 0 Å². The maximum atomic E-state index is 5.53. The van der Waals surface area contributed by atoms with Gasteiger partial charge in [-0.25, -0.2) is 0 Å². The Kier molecular flexibility index (Phi) is 10.4. The Balaban J connectivity index is 0.000000218. The second-order valence-electron chi connectivity index (χ2n) is 5.24. The fourth-order valence-electron chi connectivity index (χ4n) is 2.26. The zero-order valence-electron chi connectivity index (χ0n) is 14.2. The van der Waals surface area contributed by atoms with Crippen LogP contribution in [0.15, 0.2) is 96.4 Å². The van der Waals surface area contributed by atoms with Gasteiger partial charge in [-0.3, -0.25) is 0 Å². The molecule has 2 aliphatic heterocycles. The molecule has 146 valence electrons. The van der Waals surface area contributed by atoms with E-state index in [1.165, 1.54) is 11.4 Å². The number of allylic oxidation sites excluding steroid dienone is 2. The molecule has 0 amide bonds. The average molecular weight is 513 g/mol. The van der Waals surface area contributed by atoms with Crippen molar-refractivity contribution in [2.75, 3.05) is 16.3 Å². The molecule has 3 nitrogen and oxygen atoms in total. The van der Waals surface area contributed by atoms with Crippen molar-refractivity contribution >= 4 is 42.0 Å². The molecule has 4 rings (SSSR count). The molecule has 2 heterocycles. The van der Waals surface area contributed by atoms with Gasteiger partial charge in [-0.15, -0.1) is 6.67 Å². The van der Waals surface area contributed by atoms with E-state index in [0.717, 1.165) is 5.03 Å². The predicted octanol–water partition coefficient (Wildman–Crippen LogP) is 6.99. The molecule has 2 aliphatic rings. The van der Waals surface area contributed by atoms with Gasteiger partial charge in [0.15, 0.2) is 0 Å². The number of nitrogens with zero attached hydrogens (tertiary/aromatic N) is 3. The molecule has 0 fully saturated rings. The standard InChI is InChI=1S/C15H13N2.C5H5ClN.2ClH.Pd/c1-3-7-14(8-4-1)16-11-12-17(13-16)15-9-5-2-6-10-15;6-5-2-1-3-7-4-5;;;/h1-13H;1-3H,4H2;2*1H;/q2*-1;;;+2/p-2. The van der Waals surface area contributed by atoms with E-state index in [1.807, 2.05) is 48.6 Å². The number of hydrogen-bond donors (Lipinski definition) is 0. The van der Waals surface area contributed by atoms with Crippen LogP contribution in [0.1, 0.15) is 0 Å². The number of hydrogen-bond acceptors (Lipinski definition) is 2. The molecule has 2 aromatic rings. The number of para-hydroxylation sites is 2. The first kappa shape index (κ1) is 21.9. The fourth-order valence-corrected chi connectivity index (χ4v) is 2.40. The molecular formula is C20H18Cl3N3Pd-2. The quantitative estimate of drug-likeness (QED) is 0.319. The van der Waals surface area contributed by atoms with Crippen molar-refractivity contribution in [2.24, 2.45) is 0 Å². The van der Waals surface area contributed by atoms with Crippen molar-refractivity contribution in [3.05, 3.63) is 108 Å². The molecule has 0 spiro atoms. The summed E-state index contributed by atoms with van der Waals surface area (Å²) in [7, 11) is 9.63. The van der Waals surface area contributed by atoms with E-state index in [9.17, 15) is 0 Å². The van der Waals surface area contributed by atoms with E-state index < -0.39 is 0 Å². The van der Waals surface area contributed by atoms with E-state index in [4.69, 9.17) is 30.7 Å². The van der Waals surface area contributed by atoms with Crippen LogP contribution in [-0.2, 0) is 15.9 Å². The summed E-state index contributed by atoms with van der Waals surface area (Å²) in [4.78, 5) is 4.21. The normalized spacial score (nSPS) is 14.6. The number of benzene rings is 2. The number of halogens is 3. The Morgan fingerprint density at radius 1 is 0.852 bits per heavy atom. The van der Waals surface area contributed by atoms with Gasteiger partial charge in [-0.05, 0) is 36.7 Å². The monoisotopic (exact) mass is 511 g/mol. The van der Waals surface area contributed by atoms with E-state index in [0.29, 0.717) is 6.54 Å². The summed E-state index contributed by atoms with van der Waals surface area (Å²) in [6.45, 7) is 2.72. The van der Waals surface area contributed by atoms with E-state index in [-0.39, 0.29) is 15.9 Å². The zero-order valence-corrected chi connectivity index (χ0v) is 18.1. The van der Waals surface area contributed by atoms with Crippen LogP contribution < -0.4 is 9.80 Å². The maximum absolute atomic E-state index is 5.53. The first-order chi connectivity index (χ1) is 13.2. The van der Waals surface area contributed by atoms with Gasteiger partial charge < -0.3 is 15.1 Å². The first-order valence-corrected chi connectivity index (χ1v) is 12.3. The summed E-state index contributed by atoms with van der Waals surface area (Å²) < 4.78 is 0. The Morgan fingerprint density at radius 3 is 1.67 bits per heavy atom. The Hall–Kier alpha value is -1.41. The van der Waals surface area contributed by atoms with Crippen LogP contribution in [0, 0.1) is 6.67 Å². The number of rotatable bonds is 2. The van der Waals surface area contributed by atoms with Crippen LogP contribution in [0.5, 0.6) is 0 Å². The Morgan fingerprint density at radius 2 is 1.33 bits per heavy atom. The third-order valence-corrected chi connectivity index (χ3v) is 3.70. The van der Waals surface area contributed by atoms with Crippen LogP contribution in [0.25, 0.3) is 5.32 Å². The molecular weight excluding hydrogens is 495 g/mol. The molecule has 0 bridgehead atoms. The van der Waals surface area contributed by atoms with Crippen LogP contribution in [0.2, 0.25) is 0 Å². The first-order valence-electron chi connectivity index (χ1n) is 7.95. The van der Waals surface area contributed by atoms with E-state index in [1.54, 1.807) is 6.20 Å². The van der Waals surface area contributed by atoms with Crippen LogP contribution in [0.4, 0.5) is 11.4 Å². The summed E-state index contributed by atoms with van der Waals surface area (Å²) >= 11 is 5.43. The Labute approximate surface area is 182 Å².